The number of benzene rings is 2. The maximum atomic E-state index is 13.4. The summed E-state index contributed by atoms with van der Waals surface area (Å²) in [5, 5.41) is 0.800. The van der Waals surface area contributed by atoms with E-state index in [1.54, 1.807) is 30.6 Å². The topological polar surface area (TPSA) is 141 Å². The molecule has 182 valence electrons. The number of anilines is 2. The van der Waals surface area contributed by atoms with Gasteiger partial charge in [0.15, 0.2) is 5.78 Å². The van der Waals surface area contributed by atoms with E-state index in [2.05, 4.69) is 14.9 Å². The molecule has 8 heteroatoms. The normalized spacial score (nSPS) is 15.7. The first-order valence-corrected chi connectivity index (χ1v) is 12.0. The molecular formula is C28H28N6O2. The first-order chi connectivity index (χ1) is 17.4. The number of nitrogens with zero attached hydrogens (tertiary/aromatic N) is 3. The number of hydrogen-bond acceptors (Lipinski definition) is 7. The molecule has 1 aliphatic heterocycles. The Morgan fingerprint density at radius 1 is 1.08 bits per heavy atom. The lowest BCUT2D eigenvalue weighted by Crippen LogP contribution is -2.43. The van der Waals surface area contributed by atoms with Crippen LogP contribution in [0.2, 0.25) is 0 Å². The second kappa shape index (κ2) is 9.75. The van der Waals surface area contributed by atoms with Crippen LogP contribution in [0.25, 0.3) is 22.0 Å². The molecule has 1 saturated heterocycles. The monoisotopic (exact) mass is 480 g/mol. The van der Waals surface area contributed by atoms with Gasteiger partial charge in [0, 0.05) is 60.1 Å². The van der Waals surface area contributed by atoms with Gasteiger partial charge in [-0.2, -0.15) is 0 Å². The molecule has 3 heterocycles. The fraction of sp³-hybridized carbons (Fsp3) is 0.214. The summed E-state index contributed by atoms with van der Waals surface area (Å²) in [7, 11) is 0. The van der Waals surface area contributed by atoms with E-state index in [4.69, 9.17) is 17.2 Å². The van der Waals surface area contributed by atoms with Crippen LogP contribution in [-0.2, 0) is 6.42 Å². The largest absolute Gasteiger partial charge is 0.397 e. The summed E-state index contributed by atoms with van der Waals surface area (Å²) in [5.74, 6) is -0.693. The van der Waals surface area contributed by atoms with Crippen LogP contribution in [0.15, 0.2) is 67.0 Å². The van der Waals surface area contributed by atoms with Crippen LogP contribution in [-0.4, -0.2) is 40.8 Å². The van der Waals surface area contributed by atoms with Crippen molar-refractivity contribution in [3.05, 3.63) is 83.8 Å². The molecule has 0 spiro atoms. The Balaban J connectivity index is 1.48. The Morgan fingerprint density at radius 3 is 2.72 bits per heavy atom. The molecular weight excluding hydrogens is 452 g/mol. The summed E-state index contributed by atoms with van der Waals surface area (Å²) < 4.78 is 0. The van der Waals surface area contributed by atoms with E-state index in [1.807, 2.05) is 36.4 Å². The zero-order valence-corrected chi connectivity index (χ0v) is 19.9. The number of nitrogen functional groups attached to an aromatic ring is 1. The first-order valence-electron chi connectivity index (χ1n) is 12.0. The van der Waals surface area contributed by atoms with Crippen LogP contribution in [0, 0.1) is 0 Å². The highest BCUT2D eigenvalue weighted by Gasteiger charge is 2.22. The number of rotatable bonds is 6. The van der Waals surface area contributed by atoms with Gasteiger partial charge in [0.2, 0.25) is 5.91 Å². The second-order valence-electron chi connectivity index (χ2n) is 9.20. The number of primary amides is 1. The maximum Gasteiger partial charge on any atom is 0.249 e. The van der Waals surface area contributed by atoms with E-state index in [9.17, 15) is 9.59 Å². The molecule has 6 N–H and O–H groups in total. The van der Waals surface area contributed by atoms with Crippen molar-refractivity contribution < 1.29 is 9.59 Å². The summed E-state index contributed by atoms with van der Waals surface area (Å²) in [5.41, 5.74) is 22.9. The van der Waals surface area contributed by atoms with Crippen LogP contribution in [0.5, 0.6) is 0 Å². The van der Waals surface area contributed by atoms with Crippen LogP contribution in [0.3, 0.4) is 0 Å². The minimum atomic E-state index is -0.506. The van der Waals surface area contributed by atoms with Crippen LogP contribution < -0.4 is 22.1 Å². The highest BCUT2D eigenvalue weighted by atomic mass is 16.1. The number of aromatic nitrogens is 2. The quantitative estimate of drug-likeness (QED) is 0.359. The van der Waals surface area contributed by atoms with Crippen LogP contribution in [0.1, 0.15) is 39.3 Å². The Labute approximate surface area is 209 Å². The molecule has 2 aromatic carbocycles. The van der Waals surface area contributed by atoms with Gasteiger partial charge >= 0.3 is 0 Å². The molecule has 0 radical (unpaired) electrons. The third kappa shape index (κ3) is 4.63. The minimum absolute atomic E-state index is 0.113. The van der Waals surface area contributed by atoms with Crippen molar-refractivity contribution in [2.75, 3.05) is 23.7 Å². The van der Waals surface area contributed by atoms with Crippen molar-refractivity contribution in [3.63, 3.8) is 0 Å². The third-order valence-electron chi connectivity index (χ3n) is 6.64. The number of fused-ring (bicyclic) bond motifs is 1. The fourth-order valence-corrected chi connectivity index (χ4v) is 4.87. The Bertz CT molecular complexity index is 1470. The lowest BCUT2D eigenvalue weighted by Gasteiger charge is -2.33. The van der Waals surface area contributed by atoms with Crippen molar-refractivity contribution >= 4 is 34.0 Å². The zero-order valence-electron chi connectivity index (χ0n) is 19.9. The molecule has 8 nitrogen and oxygen atoms in total. The lowest BCUT2D eigenvalue weighted by molar-refractivity contribution is 0.0985. The SMILES string of the molecule is NC(=O)c1ccccc1-c1ccc2cc(N)c(C(=O)Cc3cnccc3N3CCC[C@H](N)C3)nc2c1. The number of Topliss-reactive ketones (excluding diaryl/α,β-unsaturated/α-hetero) is 1. The average molecular weight is 481 g/mol. The van der Waals surface area contributed by atoms with Gasteiger partial charge in [-0.05, 0) is 48.2 Å². The first kappa shape index (κ1) is 23.4. The van der Waals surface area contributed by atoms with E-state index >= 15 is 0 Å². The highest BCUT2D eigenvalue weighted by molar-refractivity contribution is 6.04. The molecule has 36 heavy (non-hydrogen) atoms. The number of carbonyl (C=O) groups is 2. The predicted molar refractivity (Wildman–Crippen MR) is 142 cm³/mol. The second-order valence-corrected chi connectivity index (χ2v) is 9.20. The van der Waals surface area contributed by atoms with Gasteiger partial charge in [-0.15, -0.1) is 0 Å². The van der Waals surface area contributed by atoms with Crippen molar-refractivity contribution in [1.29, 1.82) is 0 Å². The van der Waals surface area contributed by atoms with Crippen LogP contribution >= 0.6 is 0 Å². The summed E-state index contributed by atoms with van der Waals surface area (Å²) in [6, 6.07) is 16.5. The smallest absolute Gasteiger partial charge is 0.249 e. The lowest BCUT2D eigenvalue weighted by atomic mass is 9.97. The van der Waals surface area contributed by atoms with Crippen molar-refractivity contribution in [3.8, 4) is 11.1 Å². The number of amides is 1. The summed E-state index contributed by atoms with van der Waals surface area (Å²) in [4.78, 5) is 36.4. The molecule has 0 bridgehead atoms. The molecule has 2 aromatic heterocycles. The Hall–Kier alpha value is -4.30. The molecule has 0 saturated carbocycles. The van der Waals surface area contributed by atoms with Gasteiger partial charge in [0.25, 0.3) is 0 Å². The summed E-state index contributed by atoms with van der Waals surface area (Å²) >= 11 is 0. The summed E-state index contributed by atoms with van der Waals surface area (Å²) in [6.07, 6.45) is 5.60. The van der Waals surface area contributed by atoms with Gasteiger partial charge < -0.3 is 22.1 Å². The molecule has 0 unspecified atom stereocenters. The predicted octanol–water partition coefficient (Wildman–Crippen LogP) is 3.33. The molecule has 1 fully saturated rings. The van der Waals surface area contributed by atoms with E-state index in [0.29, 0.717) is 22.3 Å². The van der Waals surface area contributed by atoms with Gasteiger partial charge in [-0.1, -0.05) is 30.3 Å². The highest BCUT2D eigenvalue weighted by Crippen LogP contribution is 2.29. The molecule has 1 amide bonds. The number of hydrogen-bond donors (Lipinski definition) is 3. The molecule has 1 aliphatic rings. The molecule has 5 rings (SSSR count). The van der Waals surface area contributed by atoms with Crippen molar-refractivity contribution in [2.45, 2.75) is 25.3 Å². The van der Waals surface area contributed by atoms with E-state index in [-0.39, 0.29) is 23.9 Å². The van der Waals surface area contributed by atoms with Gasteiger partial charge in [0.05, 0.1) is 11.2 Å². The van der Waals surface area contributed by atoms with E-state index < -0.39 is 5.91 Å². The van der Waals surface area contributed by atoms with E-state index in [1.165, 1.54) is 0 Å². The molecule has 1 atom stereocenters. The number of nitrogens with two attached hydrogens (primary N) is 3. The third-order valence-corrected chi connectivity index (χ3v) is 6.64. The van der Waals surface area contributed by atoms with Crippen LogP contribution in [0.4, 0.5) is 11.4 Å². The maximum absolute atomic E-state index is 13.4. The minimum Gasteiger partial charge on any atom is -0.397 e. The number of pyridine rings is 2. The Morgan fingerprint density at radius 2 is 1.92 bits per heavy atom. The Kier molecular flexibility index (Phi) is 6.35. The number of carbonyl (C=O) groups excluding carboxylic acids is 2. The van der Waals surface area contributed by atoms with Gasteiger partial charge in [-0.3, -0.25) is 14.6 Å². The summed E-state index contributed by atoms with van der Waals surface area (Å²) in [6.45, 7) is 1.64. The van der Waals surface area contributed by atoms with Crippen molar-refractivity contribution in [1.82, 2.24) is 9.97 Å². The van der Waals surface area contributed by atoms with Gasteiger partial charge in [0.1, 0.15) is 5.69 Å². The van der Waals surface area contributed by atoms with Crippen molar-refractivity contribution in [2.24, 2.45) is 11.5 Å². The molecule has 4 aromatic rings. The molecule has 0 aliphatic carbocycles. The standard InChI is InChI=1S/C28H28N6O2/c29-20-4-3-11-34(16-20)25-9-10-32-15-19(25)14-26(35)27-23(30)12-18-8-7-17(13-24(18)33-27)21-5-1-2-6-22(21)28(31)36/h1-2,5-10,12-13,15,20H,3-4,11,14,16,29-30H2,(H2,31,36)/t20-/m0/s1. The fourth-order valence-electron chi connectivity index (χ4n) is 4.87. The van der Waals surface area contributed by atoms with Gasteiger partial charge in [-0.25, -0.2) is 4.98 Å². The number of ketones is 1. The average Bonchev–Trinajstić information content (AvgIpc) is 2.88. The number of piperidine rings is 1. The van der Waals surface area contributed by atoms with E-state index in [0.717, 1.165) is 48.1 Å². The zero-order chi connectivity index (χ0) is 25.2.